The van der Waals surface area contributed by atoms with E-state index in [0.29, 0.717) is 6.04 Å². The number of allylic oxidation sites excluding steroid dienone is 2. The number of rotatable bonds is 6. The van der Waals surface area contributed by atoms with Crippen molar-refractivity contribution in [2.24, 2.45) is 0 Å². The first kappa shape index (κ1) is 21.2. The van der Waals surface area contributed by atoms with Crippen molar-refractivity contribution >= 4 is 17.3 Å². The summed E-state index contributed by atoms with van der Waals surface area (Å²) in [7, 11) is 0. The van der Waals surface area contributed by atoms with Gasteiger partial charge in [0.05, 0.1) is 0 Å². The molecular formula is C30H33N. The highest BCUT2D eigenvalue weighted by Gasteiger charge is 2.12. The van der Waals surface area contributed by atoms with E-state index < -0.39 is 0 Å². The summed E-state index contributed by atoms with van der Waals surface area (Å²) in [6, 6.07) is 27.0. The van der Waals surface area contributed by atoms with E-state index in [1.807, 2.05) is 0 Å². The second kappa shape index (κ2) is 10.3. The molecule has 3 aromatic carbocycles. The zero-order valence-corrected chi connectivity index (χ0v) is 18.8. The molecule has 0 spiro atoms. The first-order chi connectivity index (χ1) is 15.2. The van der Waals surface area contributed by atoms with E-state index >= 15 is 0 Å². The van der Waals surface area contributed by atoms with Gasteiger partial charge in [-0.3, -0.25) is 0 Å². The Balaban J connectivity index is 1.51. The van der Waals surface area contributed by atoms with Crippen molar-refractivity contribution in [3.8, 4) is 0 Å². The molecule has 0 radical (unpaired) electrons. The molecule has 1 saturated carbocycles. The molecule has 0 amide bonds. The third-order valence-electron chi connectivity index (χ3n) is 6.16. The van der Waals surface area contributed by atoms with Crippen LogP contribution in [0, 0.1) is 13.8 Å². The van der Waals surface area contributed by atoms with Crippen LogP contribution in [-0.4, -0.2) is 6.04 Å². The van der Waals surface area contributed by atoms with Gasteiger partial charge in [-0.15, -0.1) is 0 Å². The van der Waals surface area contributed by atoms with Crippen LogP contribution in [0.4, 0.5) is 5.69 Å². The molecule has 1 N–H and O–H groups in total. The quantitative estimate of drug-likeness (QED) is 0.406. The Kier molecular flexibility index (Phi) is 7.04. The summed E-state index contributed by atoms with van der Waals surface area (Å²) in [5.41, 5.74) is 8.75. The normalized spacial score (nSPS) is 14.5. The van der Waals surface area contributed by atoms with Crippen molar-refractivity contribution in [1.29, 1.82) is 0 Å². The van der Waals surface area contributed by atoms with Crippen molar-refractivity contribution in [3.63, 3.8) is 0 Å². The van der Waals surface area contributed by atoms with Gasteiger partial charge < -0.3 is 5.32 Å². The minimum absolute atomic E-state index is 0.643. The first-order valence-corrected chi connectivity index (χ1v) is 11.6. The number of benzene rings is 3. The van der Waals surface area contributed by atoms with Crippen LogP contribution >= 0.6 is 0 Å². The second-order valence-electron chi connectivity index (χ2n) is 8.77. The lowest BCUT2D eigenvalue weighted by molar-refractivity contribution is 0.463. The van der Waals surface area contributed by atoms with E-state index in [-0.39, 0.29) is 0 Å². The van der Waals surface area contributed by atoms with Crippen LogP contribution in [0.5, 0.6) is 0 Å². The zero-order valence-electron chi connectivity index (χ0n) is 18.8. The molecule has 4 rings (SSSR count). The molecule has 158 valence electrons. The van der Waals surface area contributed by atoms with Gasteiger partial charge in [-0.25, -0.2) is 0 Å². The van der Waals surface area contributed by atoms with Crippen LogP contribution < -0.4 is 5.32 Å². The fourth-order valence-corrected chi connectivity index (χ4v) is 4.25. The van der Waals surface area contributed by atoms with E-state index in [2.05, 4.69) is 110 Å². The van der Waals surface area contributed by atoms with E-state index in [0.717, 1.165) is 0 Å². The summed E-state index contributed by atoms with van der Waals surface area (Å²) in [5.74, 6) is 0. The van der Waals surface area contributed by atoms with Crippen molar-refractivity contribution in [3.05, 3.63) is 113 Å². The summed E-state index contributed by atoms with van der Waals surface area (Å²) < 4.78 is 0. The molecule has 1 aliphatic carbocycles. The number of nitrogens with one attached hydrogen (secondary N) is 1. The molecule has 0 unspecified atom stereocenters. The number of hydrogen-bond acceptors (Lipinski definition) is 1. The molecule has 1 nitrogen and oxygen atoms in total. The number of anilines is 1. The largest absolute Gasteiger partial charge is 0.382 e. The predicted octanol–water partition coefficient (Wildman–Crippen LogP) is 8.19. The maximum Gasteiger partial charge on any atom is 0.0342 e. The molecule has 1 heteroatoms. The van der Waals surface area contributed by atoms with Crippen LogP contribution in [0.15, 0.2) is 84.9 Å². The molecule has 0 heterocycles. The monoisotopic (exact) mass is 407 g/mol. The lowest BCUT2D eigenvalue weighted by Crippen LogP contribution is -2.22. The van der Waals surface area contributed by atoms with E-state index in [1.165, 1.54) is 71.2 Å². The van der Waals surface area contributed by atoms with Crippen molar-refractivity contribution in [2.45, 2.75) is 52.0 Å². The van der Waals surface area contributed by atoms with Gasteiger partial charge in [0.1, 0.15) is 0 Å². The highest BCUT2D eigenvalue weighted by Crippen LogP contribution is 2.25. The molecular weight excluding hydrogens is 374 g/mol. The lowest BCUT2D eigenvalue weighted by Gasteiger charge is -2.23. The fourth-order valence-electron chi connectivity index (χ4n) is 4.25. The number of hydrogen-bond donors (Lipinski definition) is 1. The van der Waals surface area contributed by atoms with Gasteiger partial charge >= 0.3 is 0 Å². The highest BCUT2D eigenvalue weighted by molar-refractivity contribution is 5.81. The van der Waals surface area contributed by atoms with Gasteiger partial charge in [0.15, 0.2) is 0 Å². The molecule has 0 saturated heterocycles. The highest BCUT2D eigenvalue weighted by atomic mass is 14.9. The molecule has 1 aliphatic rings. The molecule has 0 aromatic heterocycles. The predicted molar refractivity (Wildman–Crippen MR) is 135 cm³/mol. The maximum atomic E-state index is 3.70. The van der Waals surface area contributed by atoms with Gasteiger partial charge in [-0.05, 0) is 61.1 Å². The Morgan fingerprint density at radius 2 is 1.26 bits per heavy atom. The Labute approximate surface area is 187 Å². The molecule has 31 heavy (non-hydrogen) atoms. The Morgan fingerprint density at radius 3 is 1.81 bits per heavy atom. The zero-order chi connectivity index (χ0) is 21.5. The minimum atomic E-state index is 0.643. The van der Waals surface area contributed by atoms with Crippen LogP contribution in [0.3, 0.4) is 0 Å². The SMILES string of the molecule is Cc1ccc(C(=C/C=C/c2ccc(NC3CCCCC3)cc2)c2ccc(C)cc2)cc1. The second-order valence-corrected chi connectivity index (χ2v) is 8.77. The van der Waals surface area contributed by atoms with Crippen molar-refractivity contribution in [1.82, 2.24) is 0 Å². The van der Waals surface area contributed by atoms with Gasteiger partial charge in [0.25, 0.3) is 0 Å². The average molecular weight is 408 g/mol. The average Bonchev–Trinajstić information content (AvgIpc) is 2.80. The van der Waals surface area contributed by atoms with Crippen LogP contribution in [0.25, 0.3) is 11.6 Å². The van der Waals surface area contributed by atoms with Crippen LogP contribution in [-0.2, 0) is 0 Å². The van der Waals surface area contributed by atoms with Crippen molar-refractivity contribution in [2.75, 3.05) is 5.32 Å². The maximum absolute atomic E-state index is 3.70. The Bertz CT molecular complexity index is 968. The van der Waals surface area contributed by atoms with E-state index in [4.69, 9.17) is 0 Å². The summed E-state index contributed by atoms with van der Waals surface area (Å²) in [4.78, 5) is 0. The minimum Gasteiger partial charge on any atom is -0.382 e. The summed E-state index contributed by atoms with van der Waals surface area (Å²) in [6.07, 6.45) is 13.3. The van der Waals surface area contributed by atoms with Gasteiger partial charge in [-0.1, -0.05) is 109 Å². The van der Waals surface area contributed by atoms with E-state index in [1.54, 1.807) is 0 Å². The first-order valence-electron chi connectivity index (χ1n) is 11.6. The molecule has 3 aromatic rings. The molecule has 0 bridgehead atoms. The topological polar surface area (TPSA) is 12.0 Å². The summed E-state index contributed by atoms with van der Waals surface area (Å²) >= 11 is 0. The third-order valence-corrected chi connectivity index (χ3v) is 6.16. The Morgan fingerprint density at radius 1 is 0.710 bits per heavy atom. The summed E-state index contributed by atoms with van der Waals surface area (Å²) in [5, 5.41) is 3.70. The van der Waals surface area contributed by atoms with Gasteiger partial charge in [0, 0.05) is 11.7 Å². The molecule has 1 fully saturated rings. The summed E-state index contributed by atoms with van der Waals surface area (Å²) in [6.45, 7) is 4.26. The van der Waals surface area contributed by atoms with Gasteiger partial charge in [0.2, 0.25) is 0 Å². The van der Waals surface area contributed by atoms with Crippen LogP contribution in [0.2, 0.25) is 0 Å². The van der Waals surface area contributed by atoms with Gasteiger partial charge in [-0.2, -0.15) is 0 Å². The standard InChI is InChI=1S/C30H33N/c1-23-11-17-26(18-12-23)30(27-19-13-24(2)14-20-27)10-6-7-25-15-21-29(22-16-25)31-28-8-4-3-5-9-28/h6-7,10-22,28,31H,3-5,8-9H2,1-2H3/b7-6+. The lowest BCUT2D eigenvalue weighted by atomic mass is 9.95. The molecule has 0 atom stereocenters. The van der Waals surface area contributed by atoms with E-state index in [9.17, 15) is 0 Å². The third kappa shape index (κ3) is 5.98. The smallest absolute Gasteiger partial charge is 0.0342 e. The van der Waals surface area contributed by atoms with Crippen LogP contribution in [0.1, 0.15) is 59.9 Å². The fraction of sp³-hybridized carbons (Fsp3) is 0.267. The number of aryl methyl sites for hydroxylation is 2. The van der Waals surface area contributed by atoms with Crippen molar-refractivity contribution < 1.29 is 0 Å². The molecule has 0 aliphatic heterocycles. The Hall–Kier alpha value is -3.06.